The van der Waals surface area contributed by atoms with Crippen LogP contribution in [0.25, 0.3) is 0 Å². The number of hydrogen-bond donors (Lipinski definition) is 3. The summed E-state index contributed by atoms with van der Waals surface area (Å²) >= 11 is 7.29. The molecule has 33 heavy (non-hydrogen) atoms. The summed E-state index contributed by atoms with van der Waals surface area (Å²) in [5.74, 6) is -0.154. The van der Waals surface area contributed by atoms with Crippen molar-refractivity contribution in [1.29, 1.82) is 0 Å². The number of nitrogens with zero attached hydrogens (tertiary/aromatic N) is 4. The Morgan fingerprint density at radius 3 is 2.55 bits per heavy atom. The standard InChI is InChI=1S/C22H23ClFN7S.ClH/c23-15-14(5-8-28-18(15)26)32-21-19(27)30-20(17(24)29-21)31-9-6-22(7-10-31)11-12-3-1-2-4-13(12)16(22)25;/h1-5,8,16H,6-7,9-11,25H2,(H2,26,28)(H2,27,30);1H/t16-;/m1./s1. The Morgan fingerprint density at radius 1 is 1.09 bits per heavy atom. The Morgan fingerprint density at radius 2 is 1.82 bits per heavy atom. The topological polar surface area (TPSA) is 120 Å². The molecule has 0 amide bonds. The highest BCUT2D eigenvalue weighted by molar-refractivity contribution is 7.99. The summed E-state index contributed by atoms with van der Waals surface area (Å²) in [6.45, 7) is 1.29. The van der Waals surface area contributed by atoms with Crippen LogP contribution in [0.1, 0.15) is 30.0 Å². The SMILES string of the molecule is Cl.Nc1nc(N2CCC3(CC2)Cc2ccccc2[C@H]3N)c(F)nc1Sc1ccnc(N)c1Cl. The van der Waals surface area contributed by atoms with Gasteiger partial charge in [-0.1, -0.05) is 47.6 Å². The van der Waals surface area contributed by atoms with E-state index in [-0.39, 0.29) is 51.4 Å². The summed E-state index contributed by atoms with van der Waals surface area (Å²) < 4.78 is 15.0. The van der Waals surface area contributed by atoms with Crippen LogP contribution in [0.5, 0.6) is 0 Å². The highest BCUT2D eigenvalue weighted by Crippen LogP contribution is 2.51. The zero-order valence-corrected chi connectivity index (χ0v) is 20.1. The number of aromatic nitrogens is 3. The number of fused-ring (bicyclic) bond motifs is 1. The van der Waals surface area contributed by atoms with Crippen LogP contribution in [-0.2, 0) is 6.42 Å². The minimum atomic E-state index is -0.658. The summed E-state index contributed by atoms with van der Waals surface area (Å²) in [6.07, 6.45) is 4.19. The molecule has 0 bridgehead atoms. The van der Waals surface area contributed by atoms with Crippen molar-refractivity contribution < 1.29 is 4.39 Å². The van der Waals surface area contributed by atoms with Gasteiger partial charge in [-0.15, -0.1) is 12.4 Å². The van der Waals surface area contributed by atoms with Gasteiger partial charge in [-0.05, 0) is 41.9 Å². The van der Waals surface area contributed by atoms with E-state index in [1.54, 1.807) is 6.07 Å². The van der Waals surface area contributed by atoms with E-state index >= 15 is 0 Å². The molecule has 0 saturated carbocycles. The lowest BCUT2D eigenvalue weighted by Gasteiger charge is -2.42. The molecule has 7 nitrogen and oxygen atoms in total. The van der Waals surface area contributed by atoms with E-state index in [9.17, 15) is 4.39 Å². The maximum Gasteiger partial charge on any atom is 0.257 e. The molecular weight excluding hydrogens is 484 g/mol. The molecule has 11 heteroatoms. The van der Waals surface area contributed by atoms with Crippen LogP contribution in [0.3, 0.4) is 0 Å². The van der Waals surface area contributed by atoms with Gasteiger partial charge in [0.2, 0.25) is 0 Å². The predicted octanol–water partition coefficient (Wildman–Crippen LogP) is 4.24. The third-order valence-corrected chi connectivity index (χ3v) is 8.13. The normalized spacial score (nSPS) is 18.8. The molecule has 1 fully saturated rings. The van der Waals surface area contributed by atoms with E-state index in [1.807, 2.05) is 11.0 Å². The molecule has 0 unspecified atom stereocenters. The summed E-state index contributed by atoms with van der Waals surface area (Å²) in [7, 11) is 0. The fourth-order valence-electron chi connectivity index (χ4n) is 4.77. The van der Waals surface area contributed by atoms with Gasteiger partial charge in [0.05, 0.1) is 5.02 Å². The molecule has 2 aliphatic rings. The predicted molar refractivity (Wildman–Crippen MR) is 132 cm³/mol. The molecule has 5 rings (SSSR count). The van der Waals surface area contributed by atoms with Gasteiger partial charge in [0, 0.05) is 30.2 Å². The highest BCUT2D eigenvalue weighted by Gasteiger charge is 2.46. The molecule has 0 radical (unpaired) electrons. The van der Waals surface area contributed by atoms with E-state index in [1.165, 1.54) is 17.3 Å². The second-order valence-corrected chi connectivity index (χ2v) is 9.75. The van der Waals surface area contributed by atoms with Gasteiger partial charge in [-0.25, -0.2) is 15.0 Å². The second kappa shape index (κ2) is 9.13. The molecule has 6 N–H and O–H groups in total. The lowest BCUT2D eigenvalue weighted by Crippen LogP contribution is -2.45. The Kier molecular flexibility index (Phi) is 6.59. The Labute approximate surface area is 206 Å². The van der Waals surface area contributed by atoms with Gasteiger partial charge in [-0.2, -0.15) is 4.39 Å². The molecule has 1 aliphatic carbocycles. The molecular formula is C22H24Cl2FN7S. The quantitative estimate of drug-likeness (QED) is 0.481. The van der Waals surface area contributed by atoms with Crippen molar-refractivity contribution in [1.82, 2.24) is 15.0 Å². The van der Waals surface area contributed by atoms with Crippen molar-refractivity contribution in [2.45, 2.75) is 35.2 Å². The van der Waals surface area contributed by atoms with Crippen molar-refractivity contribution in [2.24, 2.45) is 11.1 Å². The molecule has 3 heterocycles. The van der Waals surface area contributed by atoms with Crippen molar-refractivity contribution in [3.8, 4) is 0 Å². The van der Waals surface area contributed by atoms with Crippen molar-refractivity contribution in [2.75, 3.05) is 29.5 Å². The molecule has 1 spiro atoms. The summed E-state index contributed by atoms with van der Waals surface area (Å²) in [5.41, 5.74) is 21.1. The van der Waals surface area contributed by atoms with Crippen LogP contribution in [0.15, 0.2) is 46.5 Å². The van der Waals surface area contributed by atoms with Gasteiger partial charge < -0.3 is 22.1 Å². The van der Waals surface area contributed by atoms with Crippen LogP contribution in [-0.4, -0.2) is 28.0 Å². The molecule has 1 aliphatic heterocycles. The third kappa shape index (κ3) is 4.19. The van der Waals surface area contributed by atoms with E-state index in [0.29, 0.717) is 18.0 Å². The van der Waals surface area contributed by atoms with Gasteiger partial charge >= 0.3 is 0 Å². The van der Waals surface area contributed by atoms with Crippen LogP contribution in [0, 0.1) is 11.4 Å². The smallest absolute Gasteiger partial charge is 0.257 e. The van der Waals surface area contributed by atoms with Crippen LogP contribution in [0.4, 0.5) is 21.8 Å². The van der Waals surface area contributed by atoms with E-state index in [2.05, 4.69) is 33.2 Å². The lowest BCUT2D eigenvalue weighted by atomic mass is 9.73. The first-order chi connectivity index (χ1) is 15.4. The minimum absolute atomic E-state index is 0. The number of hydrogen-bond acceptors (Lipinski definition) is 8. The van der Waals surface area contributed by atoms with Crippen LogP contribution in [0.2, 0.25) is 5.02 Å². The fraction of sp³-hybridized carbons (Fsp3) is 0.318. The van der Waals surface area contributed by atoms with Crippen molar-refractivity contribution in [3.05, 3.63) is 58.6 Å². The Hall–Kier alpha value is -2.33. The largest absolute Gasteiger partial charge is 0.382 e. The lowest BCUT2D eigenvalue weighted by molar-refractivity contribution is 0.186. The van der Waals surface area contributed by atoms with Crippen LogP contribution >= 0.6 is 35.8 Å². The van der Waals surface area contributed by atoms with E-state index in [4.69, 9.17) is 28.8 Å². The zero-order chi connectivity index (χ0) is 22.5. The Bertz CT molecular complexity index is 1190. The summed E-state index contributed by atoms with van der Waals surface area (Å²) in [4.78, 5) is 14.8. The summed E-state index contributed by atoms with van der Waals surface area (Å²) in [5, 5.41) is 0.513. The number of pyridine rings is 1. The average molecular weight is 508 g/mol. The number of piperidine rings is 1. The van der Waals surface area contributed by atoms with Gasteiger partial charge in [0.25, 0.3) is 5.95 Å². The first kappa shape index (κ1) is 23.8. The molecule has 174 valence electrons. The van der Waals surface area contributed by atoms with Gasteiger partial charge in [0.15, 0.2) is 11.6 Å². The van der Waals surface area contributed by atoms with E-state index in [0.717, 1.165) is 31.0 Å². The number of nitrogens with two attached hydrogens (primary N) is 3. The molecule has 1 saturated heterocycles. The molecule has 1 aromatic carbocycles. The molecule has 2 aromatic heterocycles. The highest BCUT2D eigenvalue weighted by atomic mass is 35.5. The number of rotatable bonds is 3. The second-order valence-electron chi connectivity index (χ2n) is 8.34. The number of nitrogen functional groups attached to an aromatic ring is 2. The number of anilines is 3. The number of halogens is 3. The average Bonchev–Trinajstić information content (AvgIpc) is 3.06. The molecule has 1 atom stereocenters. The minimum Gasteiger partial charge on any atom is -0.382 e. The zero-order valence-electron chi connectivity index (χ0n) is 17.7. The van der Waals surface area contributed by atoms with Crippen molar-refractivity contribution in [3.63, 3.8) is 0 Å². The van der Waals surface area contributed by atoms with E-state index < -0.39 is 5.95 Å². The first-order valence-electron chi connectivity index (χ1n) is 10.4. The van der Waals surface area contributed by atoms with Gasteiger partial charge in [0.1, 0.15) is 10.8 Å². The maximum absolute atomic E-state index is 15.0. The number of benzene rings is 1. The maximum atomic E-state index is 15.0. The molecule has 3 aromatic rings. The monoisotopic (exact) mass is 507 g/mol. The third-order valence-electron chi connectivity index (χ3n) is 6.57. The van der Waals surface area contributed by atoms with Crippen LogP contribution < -0.4 is 22.1 Å². The van der Waals surface area contributed by atoms with Crippen molar-refractivity contribution >= 4 is 53.2 Å². The fourth-order valence-corrected chi connectivity index (χ4v) is 5.81. The van der Waals surface area contributed by atoms with Gasteiger partial charge in [-0.3, -0.25) is 0 Å². The Balaban J connectivity index is 0.00000259. The first-order valence-corrected chi connectivity index (χ1v) is 11.6. The summed E-state index contributed by atoms with van der Waals surface area (Å²) in [6, 6.07) is 10.0.